The van der Waals surface area contributed by atoms with Crippen LogP contribution in [0.15, 0.2) is 30.0 Å². The normalized spacial score (nSPS) is 23.4. The van der Waals surface area contributed by atoms with Gasteiger partial charge in [-0.05, 0) is 45.1 Å². The van der Waals surface area contributed by atoms with Crippen molar-refractivity contribution in [1.29, 1.82) is 0 Å². The molecule has 224 valence electrons. The van der Waals surface area contributed by atoms with E-state index in [-0.39, 0.29) is 37.7 Å². The number of rotatable bonds is 14. The van der Waals surface area contributed by atoms with Gasteiger partial charge in [-0.15, -0.1) is 0 Å². The number of methoxy groups -OCH3 is 1. The maximum Gasteiger partial charge on any atom is 0.244 e. The zero-order valence-corrected chi connectivity index (χ0v) is 24.1. The van der Waals surface area contributed by atoms with Crippen LogP contribution in [0.4, 0.5) is 0 Å². The Kier molecular flexibility index (Phi) is 9.77. The summed E-state index contributed by atoms with van der Waals surface area (Å²) in [6.45, 7) is 5.88. The summed E-state index contributed by atoms with van der Waals surface area (Å²) >= 11 is 0. The predicted octanol–water partition coefficient (Wildman–Crippen LogP) is 0.285. The minimum Gasteiger partial charge on any atom is -0.481 e. The average Bonchev–Trinajstić information content (AvgIpc) is 3.49. The second-order valence-electron chi connectivity index (χ2n) is 11.3. The Morgan fingerprint density at radius 1 is 1.24 bits per heavy atom. The molecule has 3 amide bonds. The second kappa shape index (κ2) is 13.1. The van der Waals surface area contributed by atoms with E-state index in [0.717, 1.165) is 24.8 Å². The van der Waals surface area contributed by atoms with E-state index in [1.165, 1.54) is 20.2 Å². The monoisotopic (exact) mass is 571 g/mol. The van der Waals surface area contributed by atoms with E-state index in [1.807, 2.05) is 4.90 Å². The summed E-state index contributed by atoms with van der Waals surface area (Å²) in [5.41, 5.74) is 4.84. The molecule has 4 rings (SSSR count). The Labute approximate surface area is 240 Å². The number of allylic oxidation sites excluding steroid dienone is 2. The van der Waals surface area contributed by atoms with Crippen LogP contribution in [0.2, 0.25) is 0 Å². The molecule has 1 aromatic heterocycles. The van der Waals surface area contributed by atoms with Crippen molar-refractivity contribution in [3.8, 4) is 5.88 Å². The number of nitrogens with one attached hydrogen (secondary N) is 2. The van der Waals surface area contributed by atoms with Gasteiger partial charge in [-0.1, -0.05) is 17.7 Å². The van der Waals surface area contributed by atoms with Gasteiger partial charge in [0.05, 0.1) is 39.4 Å². The van der Waals surface area contributed by atoms with E-state index in [2.05, 4.69) is 21.7 Å². The molecule has 0 bridgehead atoms. The SMILES string of the molecule is COc1ccc(CC(NC(=O)[C@H](C)NC(=O)CN2CCOCC2)(C(N)=O)[C@H](CC2=CCCC2)C(=O)[C@@]2(C)CO2)cn1. The van der Waals surface area contributed by atoms with Gasteiger partial charge in [0, 0.05) is 31.8 Å². The summed E-state index contributed by atoms with van der Waals surface area (Å²) in [6, 6.07) is 2.36. The molecule has 0 radical (unpaired) electrons. The first-order valence-electron chi connectivity index (χ1n) is 14.1. The molecule has 4 atom stereocenters. The van der Waals surface area contributed by atoms with Crippen LogP contribution in [-0.2, 0) is 35.1 Å². The van der Waals surface area contributed by atoms with Crippen molar-refractivity contribution in [2.24, 2.45) is 11.7 Å². The molecule has 4 N–H and O–H groups in total. The lowest BCUT2D eigenvalue weighted by Crippen LogP contribution is -2.68. The number of amides is 3. The van der Waals surface area contributed by atoms with Crippen molar-refractivity contribution in [1.82, 2.24) is 20.5 Å². The van der Waals surface area contributed by atoms with Crippen LogP contribution in [0.3, 0.4) is 0 Å². The highest BCUT2D eigenvalue weighted by molar-refractivity contribution is 6.02. The lowest BCUT2D eigenvalue weighted by molar-refractivity contribution is -0.142. The zero-order valence-electron chi connectivity index (χ0n) is 24.1. The first-order chi connectivity index (χ1) is 19.6. The number of carbonyl (C=O) groups excluding carboxylic acids is 4. The van der Waals surface area contributed by atoms with Crippen molar-refractivity contribution in [2.75, 3.05) is 46.6 Å². The van der Waals surface area contributed by atoms with E-state index < -0.39 is 34.9 Å². The number of ketones is 1. The van der Waals surface area contributed by atoms with Crippen LogP contribution in [0.25, 0.3) is 0 Å². The molecule has 2 saturated heterocycles. The molecule has 0 aromatic carbocycles. The standard InChI is InChI=1S/C29H41N5O7/c1-19(32-23(35)17-34-10-12-40-13-11-34)26(37)33-29(27(30)38,15-21-8-9-24(39-3)31-16-21)22(14-20-6-4-5-7-20)25(36)28(2)18-41-28/h6,8-9,16,19,22H,4-5,7,10-15,17-18H2,1-3H3,(H2,30,38)(H,32,35)(H,33,37)/t19-,22+,28+,29?/m0/s1. The third-order valence-electron chi connectivity index (χ3n) is 8.13. The second-order valence-corrected chi connectivity index (χ2v) is 11.3. The average molecular weight is 572 g/mol. The Hall–Kier alpha value is -3.35. The fourth-order valence-electron chi connectivity index (χ4n) is 5.47. The molecular weight excluding hydrogens is 530 g/mol. The van der Waals surface area contributed by atoms with Gasteiger partial charge in [-0.2, -0.15) is 0 Å². The van der Waals surface area contributed by atoms with Crippen molar-refractivity contribution in [2.45, 2.75) is 63.1 Å². The number of nitrogens with two attached hydrogens (primary N) is 1. The fourth-order valence-corrected chi connectivity index (χ4v) is 5.47. The van der Waals surface area contributed by atoms with Crippen LogP contribution >= 0.6 is 0 Å². The molecule has 1 aliphatic carbocycles. The van der Waals surface area contributed by atoms with Gasteiger partial charge in [-0.25, -0.2) is 4.98 Å². The summed E-state index contributed by atoms with van der Waals surface area (Å²) in [5.74, 6) is -2.73. The van der Waals surface area contributed by atoms with E-state index in [9.17, 15) is 19.2 Å². The number of morpholine rings is 1. The summed E-state index contributed by atoms with van der Waals surface area (Å²) in [5, 5.41) is 5.56. The van der Waals surface area contributed by atoms with E-state index in [4.69, 9.17) is 19.9 Å². The molecule has 41 heavy (non-hydrogen) atoms. The number of primary amides is 1. The van der Waals surface area contributed by atoms with Crippen molar-refractivity contribution in [3.63, 3.8) is 0 Å². The van der Waals surface area contributed by atoms with Crippen LogP contribution in [-0.4, -0.2) is 97.1 Å². The van der Waals surface area contributed by atoms with E-state index in [0.29, 0.717) is 37.7 Å². The summed E-state index contributed by atoms with van der Waals surface area (Å²) in [7, 11) is 1.49. The molecule has 2 fully saturated rings. The Balaban J connectivity index is 1.63. The van der Waals surface area contributed by atoms with Gasteiger partial charge in [-0.3, -0.25) is 24.1 Å². The molecule has 2 aliphatic heterocycles. The van der Waals surface area contributed by atoms with E-state index in [1.54, 1.807) is 19.1 Å². The molecule has 0 saturated carbocycles. The number of carbonyl (C=O) groups is 4. The quantitative estimate of drug-likeness (QED) is 0.210. The number of hydrogen-bond acceptors (Lipinski definition) is 9. The van der Waals surface area contributed by atoms with Gasteiger partial charge < -0.3 is 30.6 Å². The van der Waals surface area contributed by atoms with Crippen molar-refractivity contribution >= 4 is 23.5 Å². The minimum absolute atomic E-state index is 0.0840. The number of aromatic nitrogens is 1. The number of nitrogens with zero attached hydrogens (tertiary/aromatic N) is 2. The molecule has 3 heterocycles. The number of pyridine rings is 1. The first kappa shape index (κ1) is 30.6. The highest BCUT2D eigenvalue weighted by atomic mass is 16.6. The molecule has 1 aromatic rings. The van der Waals surface area contributed by atoms with Gasteiger partial charge >= 0.3 is 0 Å². The highest BCUT2D eigenvalue weighted by Gasteiger charge is 2.58. The third-order valence-corrected chi connectivity index (χ3v) is 8.13. The number of ether oxygens (including phenoxy) is 3. The maximum atomic E-state index is 14.0. The lowest BCUT2D eigenvalue weighted by atomic mass is 9.70. The Bertz CT molecular complexity index is 1160. The topological polar surface area (TPSA) is 165 Å². The Morgan fingerprint density at radius 2 is 1.98 bits per heavy atom. The summed E-state index contributed by atoms with van der Waals surface area (Å²) in [6.07, 6.45) is 6.41. The highest BCUT2D eigenvalue weighted by Crippen LogP contribution is 2.40. The van der Waals surface area contributed by atoms with Gasteiger partial charge in [0.15, 0.2) is 5.78 Å². The predicted molar refractivity (Wildman–Crippen MR) is 149 cm³/mol. The lowest BCUT2D eigenvalue weighted by Gasteiger charge is -2.40. The van der Waals surface area contributed by atoms with Gasteiger partial charge in [0.1, 0.15) is 17.2 Å². The molecule has 12 heteroatoms. The summed E-state index contributed by atoms with van der Waals surface area (Å²) in [4.78, 5) is 60.0. The largest absolute Gasteiger partial charge is 0.481 e. The summed E-state index contributed by atoms with van der Waals surface area (Å²) < 4.78 is 16.0. The molecule has 12 nitrogen and oxygen atoms in total. The molecular formula is C29H41N5O7. The molecule has 3 aliphatic rings. The van der Waals surface area contributed by atoms with Gasteiger partial charge in [0.25, 0.3) is 0 Å². The van der Waals surface area contributed by atoms with Gasteiger partial charge in [0.2, 0.25) is 23.6 Å². The van der Waals surface area contributed by atoms with Crippen LogP contribution in [0.5, 0.6) is 5.88 Å². The van der Waals surface area contributed by atoms with Crippen LogP contribution < -0.4 is 21.1 Å². The zero-order chi connectivity index (χ0) is 29.6. The number of hydrogen-bond donors (Lipinski definition) is 3. The first-order valence-corrected chi connectivity index (χ1v) is 14.1. The minimum atomic E-state index is -1.81. The number of epoxide rings is 1. The van der Waals surface area contributed by atoms with E-state index >= 15 is 0 Å². The maximum absolute atomic E-state index is 14.0. The number of Topliss-reactive ketones (excluding diaryl/α,β-unsaturated/α-hetero) is 1. The molecule has 0 spiro atoms. The smallest absolute Gasteiger partial charge is 0.244 e. The van der Waals surface area contributed by atoms with Crippen molar-refractivity contribution < 1.29 is 33.4 Å². The van der Waals surface area contributed by atoms with Crippen molar-refractivity contribution in [3.05, 3.63) is 35.5 Å². The third kappa shape index (κ3) is 7.49. The fraction of sp³-hybridized carbons (Fsp3) is 0.621. The van der Waals surface area contributed by atoms with Crippen LogP contribution in [0.1, 0.15) is 45.1 Å². The molecule has 1 unspecified atom stereocenters. The van der Waals surface area contributed by atoms with Crippen LogP contribution in [0, 0.1) is 5.92 Å². The Morgan fingerprint density at radius 3 is 2.54 bits per heavy atom.